The second kappa shape index (κ2) is 4.68. The summed E-state index contributed by atoms with van der Waals surface area (Å²) < 4.78 is 0. The summed E-state index contributed by atoms with van der Waals surface area (Å²) in [5.74, 6) is 0.0805. The molecule has 0 aromatic heterocycles. The summed E-state index contributed by atoms with van der Waals surface area (Å²) in [6.45, 7) is 2.76. The third-order valence-electron chi connectivity index (χ3n) is 4.01. The Hall–Kier alpha value is -1.84. The van der Waals surface area contributed by atoms with Crippen molar-refractivity contribution in [1.82, 2.24) is 10.2 Å². The van der Waals surface area contributed by atoms with Crippen molar-refractivity contribution in [3.05, 3.63) is 35.4 Å². The van der Waals surface area contributed by atoms with Gasteiger partial charge in [-0.25, -0.2) is 0 Å². The summed E-state index contributed by atoms with van der Waals surface area (Å²) in [4.78, 5) is 26.1. The molecule has 4 nitrogen and oxygen atoms in total. The number of fused-ring (bicyclic) bond motifs is 1. The van der Waals surface area contributed by atoms with Crippen molar-refractivity contribution in [3.63, 3.8) is 0 Å². The average Bonchev–Trinajstić information content (AvgIpc) is 2.88. The van der Waals surface area contributed by atoms with Crippen LogP contribution in [0, 0.1) is 6.92 Å². The highest BCUT2D eigenvalue weighted by molar-refractivity contribution is 5.97. The zero-order valence-corrected chi connectivity index (χ0v) is 11.1. The number of nitrogens with zero attached hydrogens (tertiary/aromatic N) is 1. The molecule has 3 rings (SSSR count). The van der Waals surface area contributed by atoms with Crippen molar-refractivity contribution < 1.29 is 9.59 Å². The van der Waals surface area contributed by atoms with Crippen LogP contribution in [0.4, 0.5) is 0 Å². The average molecular weight is 258 g/mol. The molecule has 1 aromatic carbocycles. The molecule has 2 atom stereocenters. The van der Waals surface area contributed by atoms with E-state index < -0.39 is 6.04 Å². The van der Waals surface area contributed by atoms with E-state index in [9.17, 15) is 9.59 Å². The van der Waals surface area contributed by atoms with Crippen LogP contribution in [-0.2, 0) is 16.0 Å². The molecule has 2 amide bonds. The molecule has 0 aliphatic carbocycles. The van der Waals surface area contributed by atoms with Crippen LogP contribution in [0.3, 0.4) is 0 Å². The fourth-order valence-corrected chi connectivity index (χ4v) is 2.93. The van der Waals surface area contributed by atoms with Crippen LogP contribution >= 0.6 is 0 Å². The molecule has 0 bridgehead atoms. The molecule has 2 aliphatic rings. The fraction of sp³-hybridized carbons (Fsp3) is 0.467. The van der Waals surface area contributed by atoms with E-state index in [-0.39, 0.29) is 17.9 Å². The predicted octanol–water partition coefficient (Wildman–Crippen LogP) is 1.03. The number of hydrogen-bond acceptors (Lipinski definition) is 2. The number of hydrogen-bond donors (Lipinski definition) is 1. The Balaban J connectivity index is 1.76. The van der Waals surface area contributed by atoms with Crippen LogP contribution in [0.2, 0.25) is 0 Å². The molecular formula is C15H18N2O2. The lowest BCUT2D eigenvalue weighted by molar-refractivity contribution is -0.146. The summed E-state index contributed by atoms with van der Waals surface area (Å²) in [6, 6.07) is 7.48. The monoisotopic (exact) mass is 258 g/mol. The van der Waals surface area contributed by atoms with E-state index in [1.807, 2.05) is 31.2 Å². The SMILES string of the molecule is Cc1ccc(C[C@@H]2NC(=O)[C@@H]3CCCN3C2=O)cc1. The highest BCUT2D eigenvalue weighted by atomic mass is 16.2. The van der Waals surface area contributed by atoms with Gasteiger partial charge in [-0.2, -0.15) is 0 Å². The Morgan fingerprint density at radius 1 is 1.26 bits per heavy atom. The van der Waals surface area contributed by atoms with E-state index in [0.29, 0.717) is 6.42 Å². The van der Waals surface area contributed by atoms with Crippen LogP contribution in [0.15, 0.2) is 24.3 Å². The van der Waals surface area contributed by atoms with Gasteiger partial charge in [0.2, 0.25) is 11.8 Å². The summed E-state index contributed by atoms with van der Waals surface area (Å²) in [5, 5.41) is 2.87. The van der Waals surface area contributed by atoms with Gasteiger partial charge in [0.25, 0.3) is 0 Å². The van der Waals surface area contributed by atoms with E-state index in [4.69, 9.17) is 0 Å². The Morgan fingerprint density at radius 3 is 2.74 bits per heavy atom. The molecule has 0 unspecified atom stereocenters. The zero-order chi connectivity index (χ0) is 13.4. The Morgan fingerprint density at radius 2 is 2.00 bits per heavy atom. The lowest BCUT2D eigenvalue weighted by Gasteiger charge is -2.34. The Kier molecular flexibility index (Phi) is 3.01. The number of rotatable bonds is 2. The van der Waals surface area contributed by atoms with Crippen molar-refractivity contribution in [2.45, 2.75) is 38.3 Å². The van der Waals surface area contributed by atoms with Gasteiger partial charge in [-0.15, -0.1) is 0 Å². The molecule has 0 saturated carbocycles. The Labute approximate surface area is 112 Å². The minimum atomic E-state index is -0.399. The molecule has 1 aromatic rings. The fourth-order valence-electron chi connectivity index (χ4n) is 2.93. The second-order valence-corrected chi connectivity index (χ2v) is 5.44. The molecule has 2 heterocycles. The highest BCUT2D eigenvalue weighted by Crippen LogP contribution is 2.23. The minimum Gasteiger partial charge on any atom is -0.342 e. The Bertz CT molecular complexity index is 509. The van der Waals surface area contributed by atoms with E-state index in [2.05, 4.69) is 5.32 Å². The van der Waals surface area contributed by atoms with Gasteiger partial charge >= 0.3 is 0 Å². The molecule has 19 heavy (non-hydrogen) atoms. The maximum absolute atomic E-state index is 12.3. The first-order valence-electron chi connectivity index (χ1n) is 6.81. The zero-order valence-electron chi connectivity index (χ0n) is 11.1. The number of benzene rings is 1. The van der Waals surface area contributed by atoms with E-state index in [1.165, 1.54) is 5.56 Å². The van der Waals surface area contributed by atoms with Gasteiger partial charge in [0, 0.05) is 13.0 Å². The van der Waals surface area contributed by atoms with Gasteiger partial charge in [-0.3, -0.25) is 9.59 Å². The van der Waals surface area contributed by atoms with Crippen LogP contribution in [-0.4, -0.2) is 35.3 Å². The van der Waals surface area contributed by atoms with Crippen molar-refractivity contribution in [3.8, 4) is 0 Å². The van der Waals surface area contributed by atoms with Gasteiger partial charge in [-0.1, -0.05) is 29.8 Å². The summed E-state index contributed by atoms with van der Waals surface area (Å²) in [6.07, 6.45) is 2.31. The van der Waals surface area contributed by atoms with Crippen molar-refractivity contribution in [2.24, 2.45) is 0 Å². The lowest BCUT2D eigenvalue weighted by atomic mass is 10.0. The normalized spacial score (nSPS) is 26.3. The first-order valence-corrected chi connectivity index (χ1v) is 6.81. The van der Waals surface area contributed by atoms with E-state index in [0.717, 1.165) is 24.9 Å². The summed E-state index contributed by atoms with van der Waals surface area (Å²) in [5.41, 5.74) is 2.28. The van der Waals surface area contributed by atoms with Crippen molar-refractivity contribution in [2.75, 3.05) is 6.54 Å². The molecule has 0 spiro atoms. The number of piperazine rings is 1. The lowest BCUT2D eigenvalue weighted by Crippen LogP contribution is -2.61. The number of carbonyl (C=O) groups excluding carboxylic acids is 2. The van der Waals surface area contributed by atoms with Crippen LogP contribution in [0.5, 0.6) is 0 Å². The summed E-state index contributed by atoms with van der Waals surface area (Å²) >= 11 is 0. The van der Waals surface area contributed by atoms with Crippen molar-refractivity contribution in [1.29, 1.82) is 0 Å². The predicted molar refractivity (Wildman–Crippen MR) is 71.5 cm³/mol. The first kappa shape index (κ1) is 12.2. The third-order valence-corrected chi connectivity index (χ3v) is 4.01. The molecule has 2 saturated heterocycles. The molecule has 2 fully saturated rings. The largest absolute Gasteiger partial charge is 0.342 e. The molecular weight excluding hydrogens is 240 g/mol. The van der Waals surface area contributed by atoms with Gasteiger partial charge in [0.15, 0.2) is 0 Å². The van der Waals surface area contributed by atoms with Crippen molar-refractivity contribution >= 4 is 11.8 Å². The number of aryl methyl sites for hydroxylation is 1. The smallest absolute Gasteiger partial charge is 0.246 e. The first-order chi connectivity index (χ1) is 9.15. The number of carbonyl (C=O) groups is 2. The molecule has 100 valence electrons. The molecule has 2 aliphatic heterocycles. The van der Waals surface area contributed by atoms with Gasteiger partial charge in [-0.05, 0) is 25.3 Å². The van der Waals surface area contributed by atoms with Gasteiger partial charge in [0.1, 0.15) is 12.1 Å². The van der Waals surface area contributed by atoms with E-state index >= 15 is 0 Å². The maximum atomic E-state index is 12.3. The number of amides is 2. The van der Waals surface area contributed by atoms with Crippen LogP contribution in [0.25, 0.3) is 0 Å². The molecule has 1 N–H and O–H groups in total. The quantitative estimate of drug-likeness (QED) is 0.861. The molecule has 4 heteroatoms. The van der Waals surface area contributed by atoms with Gasteiger partial charge in [0.05, 0.1) is 0 Å². The van der Waals surface area contributed by atoms with Crippen LogP contribution < -0.4 is 5.32 Å². The standard InChI is InChI=1S/C15H18N2O2/c1-10-4-6-11(7-5-10)9-12-15(19)17-8-2-3-13(17)14(18)16-12/h4-7,12-13H,2-3,8-9H2,1H3,(H,16,18)/t12-,13-/m0/s1. The topological polar surface area (TPSA) is 49.4 Å². The maximum Gasteiger partial charge on any atom is 0.246 e. The molecule has 0 radical (unpaired) electrons. The highest BCUT2D eigenvalue weighted by Gasteiger charge is 2.42. The minimum absolute atomic E-state index is 0.00853. The third kappa shape index (κ3) is 2.23. The second-order valence-electron chi connectivity index (χ2n) is 5.44. The number of nitrogens with one attached hydrogen (secondary N) is 1. The van der Waals surface area contributed by atoms with Crippen LogP contribution in [0.1, 0.15) is 24.0 Å². The summed E-state index contributed by atoms with van der Waals surface area (Å²) in [7, 11) is 0. The van der Waals surface area contributed by atoms with E-state index in [1.54, 1.807) is 4.90 Å². The van der Waals surface area contributed by atoms with Gasteiger partial charge < -0.3 is 10.2 Å².